The molecule has 2 heterocycles. The molecule has 0 radical (unpaired) electrons. The zero-order valence-electron chi connectivity index (χ0n) is 17.6. The van der Waals surface area contributed by atoms with E-state index in [1.54, 1.807) is 14.2 Å². The second-order valence-corrected chi connectivity index (χ2v) is 10.1. The molecule has 1 aromatic heterocycles. The number of aromatic amines is 1. The minimum absolute atomic E-state index is 0.00680. The van der Waals surface area contributed by atoms with Gasteiger partial charge in [0, 0.05) is 35.5 Å². The van der Waals surface area contributed by atoms with Gasteiger partial charge >= 0.3 is 0 Å². The van der Waals surface area contributed by atoms with Gasteiger partial charge in [-0.25, -0.2) is 8.42 Å². The monoisotopic (exact) mass is 442 g/mol. The van der Waals surface area contributed by atoms with E-state index in [0.29, 0.717) is 6.42 Å². The van der Waals surface area contributed by atoms with E-state index in [9.17, 15) is 13.2 Å². The van der Waals surface area contributed by atoms with Crippen LogP contribution >= 0.6 is 0 Å². The van der Waals surface area contributed by atoms with E-state index in [4.69, 9.17) is 9.47 Å². The van der Waals surface area contributed by atoms with Gasteiger partial charge < -0.3 is 19.8 Å². The first-order valence-corrected chi connectivity index (χ1v) is 12.0. The Labute approximate surface area is 181 Å². The number of hydrogen-bond donors (Lipinski definition) is 2. The van der Waals surface area contributed by atoms with Crippen LogP contribution in [0.3, 0.4) is 0 Å². The maximum absolute atomic E-state index is 12.9. The maximum Gasteiger partial charge on any atom is 0.221 e. The van der Waals surface area contributed by atoms with Crippen molar-refractivity contribution in [1.82, 2.24) is 10.3 Å². The summed E-state index contributed by atoms with van der Waals surface area (Å²) < 4.78 is 34.3. The molecule has 7 nitrogen and oxygen atoms in total. The fourth-order valence-electron chi connectivity index (χ4n) is 4.25. The highest BCUT2D eigenvalue weighted by Crippen LogP contribution is 2.38. The van der Waals surface area contributed by atoms with Gasteiger partial charge in [-0.05, 0) is 41.8 Å². The number of nitrogens with one attached hydrogen (secondary N) is 2. The van der Waals surface area contributed by atoms with Gasteiger partial charge in [-0.2, -0.15) is 0 Å². The smallest absolute Gasteiger partial charge is 0.221 e. The van der Waals surface area contributed by atoms with Crippen molar-refractivity contribution in [2.45, 2.75) is 24.8 Å². The van der Waals surface area contributed by atoms with Gasteiger partial charge in [-0.3, -0.25) is 4.79 Å². The molecule has 0 aliphatic carbocycles. The minimum Gasteiger partial charge on any atom is -0.497 e. The van der Waals surface area contributed by atoms with E-state index in [1.807, 2.05) is 48.7 Å². The third-order valence-corrected chi connectivity index (χ3v) is 7.57. The molecular formula is C23H26N2O5S. The largest absolute Gasteiger partial charge is 0.497 e. The van der Waals surface area contributed by atoms with E-state index in [0.717, 1.165) is 33.5 Å². The fraction of sp³-hybridized carbons (Fsp3) is 0.348. The van der Waals surface area contributed by atoms with Crippen LogP contribution in [0.5, 0.6) is 11.5 Å². The number of H-pyrrole nitrogens is 1. The molecule has 1 amide bonds. The molecule has 3 aromatic rings. The minimum atomic E-state index is -3.06. The Morgan fingerprint density at radius 3 is 2.58 bits per heavy atom. The van der Waals surface area contributed by atoms with Crippen LogP contribution in [0.25, 0.3) is 10.9 Å². The summed E-state index contributed by atoms with van der Waals surface area (Å²) in [5.41, 5.74) is 2.84. The lowest BCUT2D eigenvalue weighted by Gasteiger charge is -2.19. The molecule has 0 bridgehead atoms. The Kier molecular flexibility index (Phi) is 5.91. The lowest BCUT2D eigenvalue weighted by atomic mass is 9.87. The van der Waals surface area contributed by atoms with E-state index in [2.05, 4.69) is 10.3 Å². The number of hydrogen-bond acceptors (Lipinski definition) is 5. The van der Waals surface area contributed by atoms with E-state index in [1.165, 1.54) is 0 Å². The predicted octanol–water partition coefficient (Wildman–Crippen LogP) is 3.01. The highest BCUT2D eigenvalue weighted by atomic mass is 32.2. The summed E-state index contributed by atoms with van der Waals surface area (Å²) in [5.74, 6) is 1.18. The van der Waals surface area contributed by atoms with Crippen LogP contribution in [-0.2, 0) is 14.6 Å². The van der Waals surface area contributed by atoms with Crippen LogP contribution < -0.4 is 14.8 Å². The first-order valence-electron chi connectivity index (χ1n) is 10.2. The van der Waals surface area contributed by atoms with Crippen LogP contribution in [0, 0.1) is 0 Å². The average molecular weight is 443 g/mol. The molecule has 31 heavy (non-hydrogen) atoms. The zero-order chi connectivity index (χ0) is 22.0. The average Bonchev–Trinajstić information content (AvgIpc) is 3.34. The molecule has 0 unspecified atom stereocenters. The predicted molar refractivity (Wildman–Crippen MR) is 120 cm³/mol. The van der Waals surface area contributed by atoms with Gasteiger partial charge in [0.15, 0.2) is 9.84 Å². The summed E-state index contributed by atoms with van der Waals surface area (Å²) in [6, 6.07) is 13.1. The topological polar surface area (TPSA) is 97.5 Å². The normalized spacial score (nSPS) is 18.6. The van der Waals surface area contributed by atoms with Gasteiger partial charge in [0.1, 0.15) is 11.5 Å². The SMILES string of the molecule is COc1ccc([C@H](CC(=O)N[C@H]2CCS(=O)(=O)C2)c2c[nH]c3cccc(OC)c23)cc1. The molecular weight excluding hydrogens is 416 g/mol. The van der Waals surface area contributed by atoms with Crippen LogP contribution in [0.15, 0.2) is 48.7 Å². The van der Waals surface area contributed by atoms with Crippen molar-refractivity contribution in [3.63, 3.8) is 0 Å². The maximum atomic E-state index is 12.9. The Morgan fingerprint density at radius 2 is 1.94 bits per heavy atom. The molecule has 1 saturated heterocycles. The molecule has 2 aromatic carbocycles. The lowest BCUT2D eigenvalue weighted by molar-refractivity contribution is -0.121. The highest BCUT2D eigenvalue weighted by Gasteiger charge is 2.30. The van der Waals surface area contributed by atoms with Crippen molar-refractivity contribution in [2.75, 3.05) is 25.7 Å². The number of rotatable bonds is 7. The number of benzene rings is 2. The highest BCUT2D eigenvalue weighted by molar-refractivity contribution is 7.91. The van der Waals surface area contributed by atoms with Crippen molar-refractivity contribution in [3.05, 3.63) is 59.8 Å². The summed E-state index contributed by atoms with van der Waals surface area (Å²) in [6.07, 6.45) is 2.56. The lowest BCUT2D eigenvalue weighted by Crippen LogP contribution is -2.36. The first-order chi connectivity index (χ1) is 14.9. The van der Waals surface area contributed by atoms with Gasteiger partial charge in [0.05, 0.1) is 25.7 Å². The van der Waals surface area contributed by atoms with Crippen molar-refractivity contribution >= 4 is 26.6 Å². The number of carbonyl (C=O) groups is 1. The van der Waals surface area contributed by atoms with Crippen LogP contribution in [-0.4, -0.2) is 51.1 Å². The Hall–Kier alpha value is -3.00. The number of carbonyl (C=O) groups excluding carboxylic acids is 1. The van der Waals surface area contributed by atoms with Gasteiger partial charge in [-0.15, -0.1) is 0 Å². The number of fused-ring (bicyclic) bond motifs is 1. The van der Waals surface area contributed by atoms with E-state index >= 15 is 0 Å². The van der Waals surface area contributed by atoms with Crippen LogP contribution in [0.1, 0.15) is 29.9 Å². The molecule has 2 atom stereocenters. The van der Waals surface area contributed by atoms with E-state index in [-0.39, 0.29) is 35.8 Å². The van der Waals surface area contributed by atoms with Gasteiger partial charge in [0.25, 0.3) is 0 Å². The standard InChI is InChI=1S/C23H26N2O5S/c1-29-17-8-6-15(7-9-17)18(12-22(26)25-16-10-11-31(27,28)14-16)19-13-24-20-4-3-5-21(30-2)23(19)20/h3-9,13,16,18,24H,10-12,14H2,1-2H3,(H,25,26)/t16-,18-/m0/s1. The van der Waals surface area contributed by atoms with Crippen molar-refractivity contribution in [1.29, 1.82) is 0 Å². The van der Waals surface area contributed by atoms with Gasteiger partial charge in [0.2, 0.25) is 5.91 Å². The molecule has 0 spiro atoms. The third kappa shape index (κ3) is 4.54. The molecule has 1 aliphatic heterocycles. The van der Waals surface area contributed by atoms with Gasteiger partial charge in [-0.1, -0.05) is 18.2 Å². The summed E-state index contributed by atoms with van der Waals surface area (Å²) in [7, 11) is 0.177. The summed E-state index contributed by atoms with van der Waals surface area (Å²) in [5, 5.41) is 3.84. The number of aromatic nitrogens is 1. The quantitative estimate of drug-likeness (QED) is 0.586. The Bertz CT molecular complexity index is 1180. The molecule has 8 heteroatoms. The molecule has 1 fully saturated rings. The number of sulfone groups is 1. The second-order valence-electron chi connectivity index (χ2n) is 7.82. The van der Waals surface area contributed by atoms with Crippen molar-refractivity contribution in [2.24, 2.45) is 0 Å². The zero-order valence-corrected chi connectivity index (χ0v) is 18.4. The number of ether oxygens (including phenoxy) is 2. The summed E-state index contributed by atoms with van der Waals surface area (Å²) in [4.78, 5) is 16.2. The molecule has 4 rings (SSSR count). The Morgan fingerprint density at radius 1 is 1.16 bits per heavy atom. The second kappa shape index (κ2) is 8.63. The number of methoxy groups -OCH3 is 2. The molecule has 0 saturated carbocycles. The summed E-state index contributed by atoms with van der Waals surface area (Å²) in [6.45, 7) is 0. The van der Waals surface area contributed by atoms with Crippen molar-refractivity contribution < 1.29 is 22.7 Å². The third-order valence-electron chi connectivity index (χ3n) is 5.80. The van der Waals surface area contributed by atoms with E-state index < -0.39 is 9.84 Å². The first kappa shape index (κ1) is 21.2. The van der Waals surface area contributed by atoms with Crippen molar-refractivity contribution in [3.8, 4) is 11.5 Å². The molecule has 2 N–H and O–H groups in total. The van der Waals surface area contributed by atoms with Crippen LogP contribution in [0.2, 0.25) is 0 Å². The number of amides is 1. The summed E-state index contributed by atoms with van der Waals surface area (Å²) >= 11 is 0. The molecule has 1 aliphatic rings. The van der Waals surface area contributed by atoms with Crippen LogP contribution in [0.4, 0.5) is 0 Å². The fourth-order valence-corrected chi connectivity index (χ4v) is 5.92. The Balaban J connectivity index is 1.68. The molecule has 164 valence electrons.